The Bertz CT molecular complexity index is 281. The van der Waals surface area contributed by atoms with Gasteiger partial charge in [0.25, 0.3) is 0 Å². The first-order valence-electron chi connectivity index (χ1n) is 6.53. The van der Waals surface area contributed by atoms with Crippen LogP contribution >= 0.6 is 0 Å². The number of aromatic amines is 1. The monoisotopic (exact) mass is 221 g/mol. The maximum absolute atomic E-state index is 3.94. The molecule has 2 unspecified atom stereocenters. The quantitative estimate of drug-likeness (QED) is 0.751. The van der Waals surface area contributed by atoms with Crippen LogP contribution in [-0.4, -0.2) is 16.7 Å². The van der Waals surface area contributed by atoms with Gasteiger partial charge in [-0.15, -0.1) is 0 Å². The van der Waals surface area contributed by atoms with Crippen molar-refractivity contribution in [3.8, 4) is 0 Å². The number of nitrogens with zero attached hydrogens (tertiary/aromatic N) is 1. The van der Waals surface area contributed by atoms with Gasteiger partial charge < -0.3 is 5.32 Å². The summed E-state index contributed by atoms with van der Waals surface area (Å²) in [5, 5.41) is 10.4. The predicted octanol–water partition coefficient (Wildman–Crippen LogP) is 2.72. The molecule has 16 heavy (non-hydrogen) atoms. The third-order valence-corrected chi connectivity index (χ3v) is 3.65. The minimum absolute atomic E-state index is 0.919. The first-order valence-corrected chi connectivity index (χ1v) is 6.53. The second kappa shape index (κ2) is 6.04. The Labute approximate surface area is 98.0 Å². The highest BCUT2D eigenvalue weighted by Crippen LogP contribution is 2.30. The number of aromatic nitrogens is 2. The maximum atomic E-state index is 3.94. The summed E-state index contributed by atoms with van der Waals surface area (Å²) in [5.74, 6) is 1.91. The molecule has 0 aromatic carbocycles. The van der Waals surface area contributed by atoms with Crippen LogP contribution in [0.5, 0.6) is 0 Å². The molecule has 1 aromatic rings. The Hall–Kier alpha value is -0.830. The van der Waals surface area contributed by atoms with E-state index < -0.39 is 0 Å². The molecule has 2 rings (SSSR count). The fourth-order valence-corrected chi connectivity index (χ4v) is 2.73. The molecule has 0 aliphatic heterocycles. The summed E-state index contributed by atoms with van der Waals surface area (Å²) in [4.78, 5) is 0. The van der Waals surface area contributed by atoms with Crippen LogP contribution in [0.15, 0.2) is 12.3 Å². The van der Waals surface area contributed by atoms with Crippen molar-refractivity contribution >= 4 is 0 Å². The molecule has 1 aliphatic carbocycles. The largest absolute Gasteiger partial charge is 0.311 e. The minimum atomic E-state index is 0.919. The summed E-state index contributed by atoms with van der Waals surface area (Å²) < 4.78 is 0. The zero-order valence-corrected chi connectivity index (χ0v) is 10.2. The Balaban J connectivity index is 1.57. The lowest BCUT2D eigenvalue weighted by Crippen LogP contribution is -2.21. The fourth-order valence-electron chi connectivity index (χ4n) is 2.73. The highest BCUT2D eigenvalue weighted by molar-refractivity contribution is 4.96. The molecule has 3 heteroatoms. The van der Waals surface area contributed by atoms with Crippen molar-refractivity contribution in [2.75, 3.05) is 6.54 Å². The molecular weight excluding hydrogens is 198 g/mol. The molecule has 0 radical (unpaired) electrons. The van der Waals surface area contributed by atoms with Crippen LogP contribution in [0.25, 0.3) is 0 Å². The van der Waals surface area contributed by atoms with E-state index in [-0.39, 0.29) is 0 Å². The van der Waals surface area contributed by atoms with Gasteiger partial charge in [0.1, 0.15) is 0 Å². The Morgan fingerprint density at radius 1 is 1.50 bits per heavy atom. The molecule has 2 atom stereocenters. The van der Waals surface area contributed by atoms with E-state index in [0.717, 1.165) is 24.9 Å². The number of H-pyrrole nitrogens is 1. The van der Waals surface area contributed by atoms with Crippen molar-refractivity contribution in [2.45, 2.75) is 45.6 Å². The highest BCUT2D eigenvalue weighted by atomic mass is 15.1. The van der Waals surface area contributed by atoms with Gasteiger partial charge in [-0.1, -0.05) is 26.2 Å². The Morgan fingerprint density at radius 3 is 3.19 bits per heavy atom. The summed E-state index contributed by atoms with van der Waals surface area (Å²) in [6.07, 6.45) is 8.89. The van der Waals surface area contributed by atoms with Gasteiger partial charge in [-0.05, 0) is 37.3 Å². The third-order valence-electron chi connectivity index (χ3n) is 3.65. The first kappa shape index (κ1) is 11.6. The molecule has 1 aromatic heterocycles. The van der Waals surface area contributed by atoms with Gasteiger partial charge in [0, 0.05) is 18.4 Å². The van der Waals surface area contributed by atoms with E-state index in [2.05, 4.69) is 22.4 Å². The number of rotatable bonds is 5. The molecule has 1 saturated carbocycles. The molecular formula is C13H23N3. The van der Waals surface area contributed by atoms with E-state index in [0.29, 0.717) is 0 Å². The SMILES string of the molecule is CC1CCCC(CCNCc2ccn[nH]2)C1. The molecule has 2 N–H and O–H groups in total. The molecule has 0 bridgehead atoms. The molecule has 0 spiro atoms. The van der Waals surface area contributed by atoms with Crippen LogP contribution in [0, 0.1) is 11.8 Å². The van der Waals surface area contributed by atoms with Crippen molar-refractivity contribution in [3.63, 3.8) is 0 Å². The summed E-state index contributed by atoms with van der Waals surface area (Å²) in [6.45, 7) is 4.45. The van der Waals surface area contributed by atoms with Crippen LogP contribution in [0.4, 0.5) is 0 Å². The van der Waals surface area contributed by atoms with Crippen LogP contribution in [0.2, 0.25) is 0 Å². The number of hydrogen-bond acceptors (Lipinski definition) is 2. The zero-order valence-electron chi connectivity index (χ0n) is 10.2. The molecule has 1 aliphatic rings. The summed E-state index contributed by atoms with van der Waals surface area (Å²) in [5.41, 5.74) is 1.18. The van der Waals surface area contributed by atoms with Crippen molar-refractivity contribution in [1.29, 1.82) is 0 Å². The molecule has 1 heterocycles. The Morgan fingerprint density at radius 2 is 2.44 bits per heavy atom. The van der Waals surface area contributed by atoms with Crippen molar-refractivity contribution in [3.05, 3.63) is 18.0 Å². The van der Waals surface area contributed by atoms with Gasteiger partial charge in [0.2, 0.25) is 0 Å². The predicted molar refractivity (Wildman–Crippen MR) is 66.0 cm³/mol. The van der Waals surface area contributed by atoms with Crippen molar-refractivity contribution in [1.82, 2.24) is 15.5 Å². The molecule has 0 saturated heterocycles. The molecule has 1 fully saturated rings. The van der Waals surface area contributed by atoms with Gasteiger partial charge in [0.15, 0.2) is 0 Å². The summed E-state index contributed by atoms with van der Waals surface area (Å²) >= 11 is 0. The van der Waals surface area contributed by atoms with E-state index in [1.807, 2.05) is 6.07 Å². The second-order valence-electron chi connectivity index (χ2n) is 5.19. The normalized spacial score (nSPS) is 25.8. The zero-order chi connectivity index (χ0) is 11.2. The average molecular weight is 221 g/mol. The van der Waals surface area contributed by atoms with Gasteiger partial charge in [-0.25, -0.2) is 0 Å². The first-order chi connectivity index (χ1) is 7.84. The van der Waals surface area contributed by atoms with E-state index >= 15 is 0 Å². The minimum Gasteiger partial charge on any atom is -0.311 e. The van der Waals surface area contributed by atoms with Gasteiger partial charge in [-0.3, -0.25) is 5.10 Å². The van der Waals surface area contributed by atoms with Gasteiger partial charge in [0.05, 0.1) is 0 Å². The number of nitrogens with one attached hydrogen (secondary N) is 2. The van der Waals surface area contributed by atoms with Crippen LogP contribution < -0.4 is 5.32 Å². The Kier molecular flexibility index (Phi) is 4.40. The van der Waals surface area contributed by atoms with E-state index in [9.17, 15) is 0 Å². The molecule has 90 valence electrons. The maximum Gasteiger partial charge on any atom is 0.0490 e. The smallest absolute Gasteiger partial charge is 0.0490 e. The number of hydrogen-bond donors (Lipinski definition) is 2. The second-order valence-corrected chi connectivity index (χ2v) is 5.19. The lowest BCUT2D eigenvalue weighted by atomic mass is 9.81. The molecule has 0 amide bonds. The van der Waals surface area contributed by atoms with E-state index in [1.54, 1.807) is 6.20 Å². The average Bonchev–Trinajstić information content (AvgIpc) is 2.77. The van der Waals surface area contributed by atoms with Crippen molar-refractivity contribution in [2.24, 2.45) is 11.8 Å². The lowest BCUT2D eigenvalue weighted by Gasteiger charge is -2.26. The third kappa shape index (κ3) is 3.63. The molecule has 3 nitrogen and oxygen atoms in total. The van der Waals surface area contributed by atoms with Gasteiger partial charge >= 0.3 is 0 Å². The summed E-state index contributed by atoms with van der Waals surface area (Å²) in [7, 11) is 0. The van der Waals surface area contributed by atoms with Crippen molar-refractivity contribution < 1.29 is 0 Å². The summed E-state index contributed by atoms with van der Waals surface area (Å²) in [6, 6.07) is 2.02. The fraction of sp³-hybridized carbons (Fsp3) is 0.769. The van der Waals surface area contributed by atoms with E-state index in [1.165, 1.54) is 37.8 Å². The standard InChI is InChI=1S/C13H23N3/c1-11-3-2-4-12(9-11)5-7-14-10-13-6-8-15-16-13/h6,8,11-12,14H,2-5,7,9-10H2,1H3,(H,15,16). The van der Waals surface area contributed by atoms with Crippen LogP contribution in [-0.2, 0) is 6.54 Å². The topological polar surface area (TPSA) is 40.7 Å². The van der Waals surface area contributed by atoms with Crippen LogP contribution in [0.1, 0.15) is 44.7 Å². The van der Waals surface area contributed by atoms with Crippen LogP contribution in [0.3, 0.4) is 0 Å². The van der Waals surface area contributed by atoms with Gasteiger partial charge in [-0.2, -0.15) is 5.10 Å². The lowest BCUT2D eigenvalue weighted by molar-refractivity contribution is 0.267. The van der Waals surface area contributed by atoms with E-state index in [4.69, 9.17) is 0 Å². The highest BCUT2D eigenvalue weighted by Gasteiger charge is 2.17.